The number of aromatic nitrogens is 2. The van der Waals surface area contributed by atoms with Gasteiger partial charge in [0.05, 0.1) is 17.8 Å². The molecule has 1 aliphatic carbocycles. The number of nitrogens with one attached hydrogen (secondary N) is 2. The Hall–Kier alpha value is -3.19. The first-order valence-corrected chi connectivity index (χ1v) is 12.5. The molecule has 1 saturated heterocycles. The van der Waals surface area contributed by atoms with E-state index >= 15 is 0 Å². The summed E-state index contributed by atoms with van der Waals surface area (Å²) in [4.78, 5) is 19.6. The van der Waals surface area contributed by atoms with Gasteiger partial charge < -0.3 is 20.1 Å². The summed E-state index contributed by atoms with van der Waals surface area (Å²) in [6.07, 6.45) is 9.34. The molecule has 2 atom stereocenters. The first-order chi connectivity index (χ1) is 16.6. The molecule has 5 rings (SSSR count). The van der Waals surface area contributed by atoms with E-state index < -0.39 is 0 Å². The summed E-state index contributed by atoms with van der Waals surface area (Å²) in [6.45, 7) is 2.53. The fraction of sp³-hybridized carbons (Fsp3) is 0.370. The summed E-state index contributed by atoms with van der Waals surface area (Å²) in [6, 6.07) is 18.6. The van der Waals surface area contributed by atoms with Crippen molar-refractivity contribution in [3.05, 3.63) is 83.9 Å². The molecule has 176 valence electrons. The average Bonchev–Trinajstić information content (AvgIpc) is 3.59. The molecule has 2 aromatic heterocycles. The Balaban J connectivity index is 1.40. The van der Waals surface area contributed by atoms with E-state index in [1.807, 2.05) is 55.6 Å². The van der Waals surface area contributed by atoms with Crippen molar-refractivity contribution in [2.45, 2.75) is 57.2 Å². The average molecular weight is 474 g/mol. The van der Waals surface area contributed by atoms with Gasteiger partial charge in [-0.15, -0.1) is 0 Å². The lowest BCUT2D eigenvalue weighted by atomic mass is 10.0. The molecule has 2 unspecified atom stereocenters. The maximum absolute atomic E-state index is 12.8. The van der Waals surface area contributed by atoms with Crippen LogP contribution in [0.5, 0.6) is 0 Å². The second-order valence-electron chi connectivity index (χ2n) is 9.21. The van der Waals surface area contributed by atoms with Crippen molar-refractivity contribution in [3.63, 3.8) is 0 Å². The van der Waals surface area contributed by atoms with Crippen LogP contribution in [-0.2, 0) is 4.79 Å². The Labute approximate surface area is 206 Å². The Morgan fingerprint density at radius 3 is 2.68 bits per heavy atom. The number of hydrogen-bond acceptors (Lipinski definition) is 3. The van der Waals surface area contributed by atoms with Gasteiger partial charge >= 0.3 is 0 Å². The van der Waals surface area contributed by atoms with E-state index in [2.05, 4.69) is 43.4 Å². The van der Waals surface area contributed by atoms with E-state index in [0.29, 0.717) is 24.1 Å². The Morgan fingerprint density at radius 2 is 1.91 bits per heavy atom. The van der Waals surface area contributed by atoms with Crippen molar-refractivity contribution in [1.29, 1.82) is 0 Å². The summed E-state index contributed by atoms with van der Waals surface area (Å²) in [7, 11) is 0. The number of carbonyl (C=O) groups excluding carboxylic acids is 1. The van der Waals surface area contributed by atoms with Gasteiger partial charge in [0.1, 0.15) is 0 Å². The Morgan fingerprint density at radius 1 is 1.12 bits per heavy atom. The fourth-order valence-corrected chi connectivity index (χ4v) is 5.62. The molecule has 2 aliphatic rings. The van der Waals surface area contributed by atoms with Crippen molar-refractivity contribution < 1.29 is 4.79 Å². The van der Waals surface area contributed by atoms with Crippen LogP contribution < -0.4 is 10.6 Å². The summed E-state index contributed by atoms with van der Waals surface area (Å²) in [5.41, 5.74) is 4.10. The molecule has 3 aromatic rings. The Kier molecular flexibility index (Phi) is 6.63. The van der Waals surface area contributed by atoms with E-state index in [1.54, 1.807) is 0 Å². The minimum Gasteiger partial charge on any atom is -0.352 e. The van der Waals surface area contributed by atoms with E-state index in [-0.39, 0.29) is 18.0 Å². The normalized spacial score (nSPS) is 20.5. The van der Waals surface area contributed by atoms with Gasteiger partial charge in [-0.3, -0.25) is 9.78 Å². The highest BCUT2D eigenvalue weighted by molar-refractivity contribution is 7.80. The highest BCUT2D eigenvalue weighted by Crippen LogP contribution is 2.41. The molecule has 1 aromatic carbocycles. The van der Waals surface area contributed by atoms with Crippen LogP contribution in [0.25, 0.3) is 0 Å². The van der Waals surface area contributed by atoms with Crippen molar-refractivity contribution in [1.82, 2.24) is 19.8 Å². The molecule has 7 heteroatoms. The van der Waals surface area contributed by atoms with Crippen LogP contribution in [0.4, 0.5) is 5.69 Å². The summed E-state index contributed by atoms with van der Waals surface area (Å²) < 4.78 is 2.43. The van der Waals surface area contributed by atoms with Crippen molar-refractivity contribution in [2.24, 2.45) is 0 Å². The number of benzene rings is 1. The molecule has 2 N–H and O–H groups in total. The maximum Gasteiger partial charge on any atom is 0.226 e. The highest BCUT2D eigenvalue weighted by atomic mass is 32.1. The lowest BCUT2D eigenvalue weighted by Crippen LogP contribution is -2.33. The van der Waals surface area contributed by atoms with Crippen LogP contribution in [-0.4, -0.2) is 32.0 Å². The number of thiocarbonyl (C=S) groups is 1. The molecule has 3 heterocycles. The minimum absolute atomic E-state index is 0.0108. The summed E-state index contributed by atoms with van der Waals surface area (Å²) >= 11 is 5.80. The monoisotopic (exact) mass is 473 g/mol. The second kappa shape index (κ2) is 9.97. The number of carbonyl (C=O) groups is 1. The zero-order valence-corrected chi connectivity index (χ0v) is 20.3. The van der Waals surface area contributed by atoms with Gasteiger partial charge in [0.15, 0.2) is 5.11 Å². The third-order valence-electron chi connectivity index (χ3n) is 7.03. The standard InChI is InChI=1S/C27H31N5OS/c1-19-9-2-5-12-21(19)29-24(33)15-18-32-26(23-14-8-17-31(23)20-10-3-4-11-20)25(30-27(32)34)22-13-6-7-16-28-22/h2,5-9,12-14,16-17,20,25-26H,3-4,10-11,15,18H2,1H3,(H,29,33)(H,30,34). The molecule has 1 amide bonds. The van der Waals surface area contributed by atoms with Gasteiger partial charge in [0.2, 0.25) is 5.91 Å². The van der Waals surface area contributed by atoms with Crippen LogP contribution >= 0.6 is 12.2 Å². The highest BCUT2D eigenvalue weighted by Gasteiger charge is 2.41. The van der Waals surface area contributed by atoms with Crippen LogP contribution in [0.1, 0.15) is 67.2 Å². The van der Waals surface area contributed by atoms with Crippen LogP contribution in [0, 0.1) is 6.92 Å². The number of aryl methyl sites for hydroxylation is 1. The van der Waals surface area contributed by atoms with Crippen LogP contribution in [0.2, 0.25) is 0 Å². The molecular formula is C27H31N5OS. The minimum atomic E-state index is -0.0665. The van der Waals surface area contributed by atoms with E-state index in [1.165, 1.54) is 31.4 Å². The van der Waals surface area contributed by atoms with Crippen molar-refractivity contribution in [3.8, 4) is 0 Å². The topological polar surface area (TPSA) is 62.2 Å². The number of amides is 1. The molecule has 0 spiro atoms. The quantitative estimate of drug-likeness (QED) is 0.456. The maximum atomic E-state index is 12.8. The third-order valence-corrected chi connectivity index (χ3v) is 7.38. The molecule has 1 saturated carbocycles. The van der Waals surface area contributed by atoms with Gasteiger partial charge in [-0.2, -0.15) is 0 Å². The SMILES string of the molecule is Cc1ccccc1NC(=O)CCN1C(=S)NC(c2ccccn2)C1c1cccn1C1CCCC1. The molecule has 34 heavy (non-hydrogen) atoms. The van der Waals surface area contributed by atoms with Gasteiger partial charge in [-0.25, -0.2) is 0 Å². The number of anilines is 1. The summed E-state index contributed by atoms with van der Waals surface area (Å²) in [5, 5.41) is 7.23. The first kappa shape index (κ1) is 22.6. The molecular weight excluding hydrogens is 442 g/mol. The smallest absolute Gasteiger partial charge is 0.226 e. The van der Waals surface area contributed by atoms with E-state index in [4.69, 9.17) is 12.2 Å². The van der Waals surface area contributed by atoms with Gasteiger partial charge in [0, 0.05) is 42.8 Å². The van der Waals surface area contributed by atoms with Crippen LogP contribution in [0.15, 0.2) is 67.0 Å². The molecule has 2 fully saturated rings. The largest absolute Gasteiger partial charge is 0.352 e. The molecule has 6 nitrogen and oxygen atoms in total. The predicted molar refractivity (Wildman–Crippen MR) is 139 cm³/mol. The number of para-hydroxylation sites is 1. The van der Waals surface area contributed by atoms with Crippen molar-refractivity contribution >= 4 is 28.9 Å². The molecule has 0 bridgehead atoms. The number of rotatable bonds is 7. The zero-order valence-electron chi connectivity index (χ0n) is 19.5. The zero-order chi connectivity index (χ0) is 23.5. The summed E-state index contributed by atoms with van der Waals surface area (Å²) in [5.74, 6) is -0.0108. The predicted octanol–water partition coefficient (Wildman–Crippen LogP) is 5.31. The van der Waals surface area contributed by atoms with Crippen LogP contribution in [0.3, 0.4) is 0 Å². The fourth-order valence-electron chi connectivity index (χ4n) is 5.29. The number of nitrogens with zero attached hydrogens (tertiary/aromatic N) is 3. The number of pyridine rings is 1. The van der Waals surface area contributed by atoms with Gasteiger partial charge in [0.25, 0.3) is 0 Å². The Bertz CT molecular complexity index is 1150. The lowest BCUT2D eigenvalue weighted by Gasteiger charge is -2.30. The first-order valence-electron chi connectivity index (χ1n) is 12.1. The molecule has 0 radical (unpaired) electrons. The second-order valence-corrected chi connectivity index (χ2v) is 9.60. The van der Waals surface area contributed by atoms with Gasteiger partial charge in [-0.1, -0.05) is 37.1 Å². The van der Waals surface area contributed by atoms with Gasteiger partial charge in [-0.05, 0) is 67.9 Å². The number of hydrogen-bond donors (Lipinski definition) is 2. The van der Waals surface area contributed by atoms with E-state index in [9.17, 15) is 4.79 Å². The third kappa shape index (κ3) is 4.57. The lowest BCUT2D eigenvalue weighted by molar-refractivity contribution is -0.116. The van der Waals surface area contributed by atoms with E-state index in [0.717, 1.165) is 16.9 Å². The molecule has 1 aliphatic heterocycles. The van der Waals surface area contributed by atoms with Crippen molar-refractivity contribution in [2.75, 3.05) is 11.9 Å².